The standard InChI is InChI=1S/C35H37FN2O7/c1-32-12-11-24(40)15-21(32)9-10-25-26-16-29-35(28(42)18-39,33(26,2)17-27(41)34(25,32)36)45-31(44-29)20-6-4-8-23(14-20)38-30(43)19-5-3-7-22(37)13-19/h3-8,11-15,25-27,29,31,39,41H,9-10,16-18,37H2,1-2H3,(H,38,43)/t25-,26-,27-,29+,31+,32-,33-,34-,35+/m0/s1. The van der Waals surface area contributed by atoms with Crippen LogP contribution >= 0.6 is 0 Å². The number of ether oxygens (including phenoxy) is 2. The lowest BCUT2D eigenvalue weighted by Gasteiger charge is -2.62. The Morgan fingerprint density at radius 3 is 2.67 bits per heavy atom. The SMILES string of the molecule is C[C@]12C=CC(=O)C=C1CC[C@H]1[C@@H]3C[C@H]4O[C@@H](c5cccc(NC(=O)c6cccc(N)c6)c5)O[C@@]4(C(=O)CO)[C@@]3(C)C[C@H](O)[C@@]12F. The molecule has 4 aliphatic carbocycles. The summed E-state index contributed by atoms with van der Waals surface area (Å²) in [4.78, 5) is 38.8. The van der Waals surface area contributed by atoms with Gasteiger partial charge in [-0.3, -0.25) is 14.4 Å². The summed E-state index contributed by atoms with van der Waals surface area (Å²) >= 11 is 0. The molecule has 5 N–H and O–H groups in total. The van der Waals surface area contributed by atoms with Gasteiger partial charge in [-0.05, 0) is 81.0 Å². The Morgan fingerprint density at radius 1 is 1.13 bits per heavy atom. The highest BCUT2D eigenvalue weighted by Gasteiger charge is 2.79. The summed E-state index contributed by atoms with van der Waals surface area (Å²) in [5.41, 5.74) is 2.45. The topological polar surface area (TPSA) is 148 Å². The Kier molecular flexibility index (Phi) is 6.76. The molecule has 0 radical (unpaired) electrons. The molecule has 9 nitrogen and oxygen atoms in total. The van der Waals surface area contributed by atoms with Crippen molar-refractivity contribution in [2.24, 2.45) is 22.7 Å². The first kappa shape index (κ1) is 30.0. The number of alkyl halides is 1. The molecule has 1 heterocycles. The predicted molar refractivity (Wildman–Crippen MR) is 163 cm³/mol. The van der Waals surface area contributed by atoms with E-state index in [-0.39, 0.29) is 18.1 Å². The highest BCUT2D eigenvalue weighted by molar-refractivity contribution is 6.04. The molecule has 1 saturated heterocycles. The van der Waals surface area contributed by atoms with Crippen LogP contribution in [0, 0.1) is 22.7 Å². The van der Waals surface area contributed by atoms with Gasteiger partial charge in [-0.25, -0.2) is 4.39 Å². The quantitative estimate of drug-likeness (QED) is 0.365. The molecule has 7 rings (SSSR count). The second kappa shape index (κ2) is 10.2. The van der Waals surface area contributed by atoms with Crippen molar-refractivity contribution in [3.8, 4) is 0 Å². The van der Waals surface area contributed by atoms with E-state index in [1.165, 1.54) is 12.2 Å². The molecule has 3 saturated carbocycles. The Bertz CT molecular complexity index is 1670. The molecule has 2 aromatic carbocycles. The minimum Gasteiger partial charge on any atom is -0.399 e. The minimum atomic E-state index is -2.07. The van der Waals surface area contributed by atoms with E-state index in [0.717, 1.165) is 0 Å². The maximum atomic E-state index is 17.6. The number of hydrogen-bond donors (Lipinski definition) is 4. The van der Waals surface area contributed by atoms with Crippen molar-refractivity contribution in [1.82, 2.24) is 0 Å². The number of nitrogen functional groups attached to an aromatic ring is 1. The van der Waals surface area contributed by atoms with Gasteiger partial charge in [0, 0.05) is 39.2 Å². The number of anilines is 2. The van der Waals surface area contributed by atoms with E-state index in [9.17, 15) is 24.6 Å². The van der Waals surface area contributed by atoms with Gasteiger partial charge >= 0.3 is 0 Å². The van der Waals surface area contributed by atoms with Crippen LogP contribution in [0.25, 0.3) is 0 Å². The summed E-state index contributed by atoms with van der Waals surface area (Å²) in [7, 11) is 0. The van der Waals surface area contributed by atoms with Crippen molar-refractivity contribution in [3.63, 3.8) is 0 Å². The molecule has 0 aromatic heterocycles. The molecule has 0 spiro atoms. The van der Waals surface area contributed by atoms with Gasteiger partial charge in [0.2, 0.25) is 0 Å². The Labute approximate surface area is 260 Å². The van der Waals surface area contributed by atoms with E-state index < -0.39 is 64.8 Å². The van der Waals surface area contributed by atoms with Gasteiger partial charge in [-0.1, -0.05) is 36.8 Å². The van der Waals surface area contributed by atoms with Gasteiger partial charge in [0.25, 0.3) is 5.91 Å². The Balaban J connectivity index is 1.20. The van der Waals surface area contributed by atoms with Gasteiger partial charge in [-0.2, -0.15) is 0 Å². The summed E-state index contributed by atoms with van der Waals surface area (Å²) in [6.45, 7) is 2.78. The molecular formula is C35H37FN2O7. The van der Waals surface area contributed by atoms with Crippen molar-refractivity contribution >= 4 is 28.8 Å². The Morgan fingerprint density at radius 2 is 1.91 bits per heavy atom. The number of benzene rings is 2. The molecular weight excluding hydrogens is 579 g/mol. The number of carbonyl (C=O) groups is 3. The van der Waals surface area contributed by atoms with E-state index >= 15 is 4.39 Å². The van der Waals surface area contributed by atoms with Crippen LogP contribution < -0.4 is 11.1 Å². The van der Waals surface area contributed by atoms with Gasteiger partial charge < -0.3 is 30.7 Å². The van der Waals surface area contributed by atoms with Crippen molar-refractivity contribution in [2.75, 3.05) is 17.7 Å². The smallest absolute Gasteiger partial charge is 0.255 e. The van der Waals surface area contributed by atoms with Crippen molar-refractivity contribution in [1.29, 1.82) is 0 Å². The number of fused-ring (bicyclic) bond motifs is 7. The number of carbonyl (C=O) groups excluding carboxylic acids is 3. The highest BCUT2D eigenvalue weighted by Crippen LogP contribution is 2.72. The van der Waals surface area contributed by atoms with Gasteiger partial charge in [-0.15, -0.1) is 0 Å². The third-order valence-corrected chi connectivity index (χ3v) is 11.5. The van der Waals surface area contributed by atoms with Crippen LogP contribution in [0.5, 0.6) is 0 Å². The lowest BCUT2D eigenvalue weighted by Crippen LogP contribution is -2.69. The van der Waals surface area contributed by atoms with Crippen LogP contribution in [0.1, 0.15) is 61.7 Å². The zero-order valence-corrected chi connectivity index (χ0v) is 25.2. The van der Waals surface area contributed by atoms with Gasteiger partial charge in [0.15, 0.2) is 29.1 Å². The van der Waals surface area contributed by atoms with E-state index in [1.54, 1.807) is 61.5 Å². The highest BCUT2D eigenvalue weighted by atomic mass is 19.1. The molecule has 0 bridgehead atoms. The number of hydrogen-bond acceptors (Lipinski definition) is 8. The van der Waals surface area contributed by atoms with Crippen molar-refractivity contribution < 1.29 is 38.5 Å². The number of nitrogens with two attached hydrogens (primary N) is 1. The lowest BCUT2D eigenvalue weighted by atomic mass is 9.44. The molecule has 2 aromatic rings. The molecule has 1 aliphatic heterocycles. The normalized spacial score (nSPS) is 39.7. The summed E-state index contributed by atoms with van der Waals surface area (Å²) < 4.78 is 30.6. The van der Waals surface area contributed by atoms with Crippen LogP contribution in [0.4, 0.5) is 15.8 Å². The molecule has 1 amide bonds. The van der Waals surface area contributed by atoms with Crippen LogP contribution in [0.15, 0.2) is 72.3 Å². The average Bonchev–Trinajstić information content (AvgIpc) is 3.51. The van der Waals surface area contributed by atoms with Crippen LogP contribution in [0.3, 0.4) is 0 Å². The monoisotopic (exact) mass is 616 g/mol. The second-order valence-electron chi connectivity index (χ2n) is 13.6. The fourth-order valence-corrected chi connectivity index (χ4v) is 9.37. The molecule has 236 valence electrons. The van der Waals surface area contributed by atoms with Crippen LogP contribution in [-0.4, -0.2) is 57.8 Å². The number of amides is 1. The van der Waals surface area contributed by atoms with Crippen molar-refractivity contribution in [3.05, 3.63) is 83.5 Å². The number of aliphatic hydroxyl groups is 2. The maximum Gasteiger partial charge on any atom is 0.255 e. The summed E-state index contributed by atoms with van der Waals surface area (Å²) in [6, 6.07) is 13.5. The fourth-order valence-electron chi connectivity index (χ4n) is 9.37. The first-order chi connectivity index (χ1) is 21.4. The Hall–Kier alpha value is -3.70. The van der Waals surface area contributed by atoms with Gasteiger partial charge in [0.1, 0.15) is 6.61 Å². The zero-order chi connectivity index (χ0) is 31.9. The number of nitrogens with one attached hydrogen (secondary N) is 1. The number of ketones is 2. The largest absolute Gasteiger partial charge is 0.399 e. The molecule has 10 heteroatoms. The summed E-state index contributed by atoms with van der Waals surface area (Å²) in [5, 5.41) is 24.8. The first-order valence-electron chi connectivity index (χ1n) is 15.4. The number of aliphatic hydroxyl groups excluding tert-OH is 2. The maximum absolute atomic E-state index is 17.6. The lowest BCUT2D eigenvalue weighted by molar-refractivity contribution is -0.231. The molecule has 4 fully saturated rings. The van der Waals surface area contributed by atoms with Gasteiger partial charge in [0.05, 0.1) is 12.2 Å². The van der Waals surface area contributed by atoms with E-state index in [0.29, 0.717) is 47.3 Å². The first-order valence-corrected chi connectivity index (χ1v) is 15.4. The second-order valence-corrected chi connectivity index (χ2v) is 13.6. The van der Waals surface area contributed by atoms with Crippen LogP contribution in [0.2, 0.25) is 0 Å². The minimum absolute atomic E-state index is 0.0933. The zero-order valence-electron chi connectivity index (χ0n) is 25.2. The number of rotatable bonds is 5. The predicted octanol–water partition coefficient (Wildman–Crippen LogP) is 4.22. The average molecular weight is 617 g/mol. The third kappa shape index (κ3) is 4.02. The third-order valence-electron chi connectivity index (χ3n) is 11.5. The summed E-state index contributed by atoms with van der Waals surface area (Å²) in [6.07, 6.45) is 2.27. The molecule has 45 heavy (non-hydrogen) atoms. The summed E-state index contributed by atoms with van der Waals surface area (Å²) in [5.74, 6) is -2.16. The molecule has 0 unspecified atom stereocenters. The number of Topliss-reactive ketones (excluding diaryl/α,β-unsaturated/α-hetero) is 1. The van der Waals surface area contributed by atoms with E-state index in [4.69, 9.17) is 15.2 Å². The van der Waals surface area contributed by atoms with E-state index in [2.05, 4.69) is 5.32 Å². The number of halogens is 1. The van der Waals surface area contributed by atoms with E-state index in [1.807, 2.05) is 6.92 Å². The molecule has 9 atom stereocenters. The van der Waals surface area contributed by atoms with Crippen LogP contribution in [-0.2, 0) is 19.1 Å². The van der Waals surface area contributed by atoms with Crippen molar-refractivity contribution in [2.45, 2.75) is 69.3 Å². The fraction of sp³-hybridized carbons (Fsp3) is 0.457. The number of allylic oxidation sites excluding steroid dienone is 4. The molecule has 5 aliphatic rings.